The smallest absolute Gasteiger partial charge is 0.326 e. The van der Waals surface area contributed by atoms with Gasteiger partial charge in [-0.25, -0.2) is 9.78 Å². The number of halogens is 1. The van der Waals surface area contributed by atoms with E-state index in [0.717, 1.165) is 12.3 Å². The maximum Gasteiger partial charge on any atom is 0.326 e. The molecule has 0 aliphatic heterocycles. The molecule has 0 aliphatic rings. The Labute approximate surface area is 112 Å². The summed E-state index contributed by atoms with van der Waals surface area (Å²) < 4.78 is 0. The summed E-state index contributed by atoms with van der Waals surface area (Å²) in [4.78, 5) is 36.1. The van der Waals surface area contributed by atoms with E-state index < -0.39 is 33.7 Å². The fourth-order valence-corrected chi connectivity index (χ4v) is 1.59. The van der Waals surface area contributed by atoms with Crippen LogP contribution in [-0.2, 0) is 4.79 Å². The van der Waals surface area contributed by atoms with Crippen molar-refractivity contribution in [2.75, 3.05) is 0 Å². The van der Waals surface area contributed by atoms with Gasteiger partial charge in [-0.2, -0.15) is 0 Å². The average Bonchev–Trinajstić information content (AvgIpc) is 2.34. The van der Waals surface area contributed by atoms with Gasteiger partial charge in [-0.3, -0.25) is 14.9 Å². The number of carboxylic acids is 1. The van der Waals surface area contributed by atoms with E-state index in [-0.39, 0.29) is 12.0 Å². The zero-order valence-electron chi connectivity index (χ0n) is 9.79. The predicted molar refractivity (Wildman–Crippen MR) is 65.1 cm³/mol. The molecule has 19 heavy (non-hydrogen) atoms. The van der Waals surface area contributed by atoms with E-state index in [1.165, 1.54) is 0 Å². The second-order valence-electron chi connectivity index (χ2n) is 3.53. The molecule has 8 nitrogen and oxygen atoms in total. The van der Waals surface area contributed by atoms with Crippen molar-refractivity contribution in [1.29, 1.82) is 0 Å². The number of rotatable bonds is 5. The van der Waals surface area contributed by atoms with Crippen LogP contribution in [0.1, 0.15) is 23.7 Å². The van der Waals surface area contributed by atoms with Gasteiger partial charge >= 0.3 is 11.7 Å². The van der Waals surface area contributed by atoms with Crippen LogP contribution in [-0.4, -0.2) is 32.9 Å². The maximum atomic E-state index is 11.8. The summed E-state index contributed by atoms with van der Waals surface area (Å²) in [5.74, 6) is -2.11. The molecule has 0 aliphatic carbocycles. The Hall–Kier alpha value is -2.22. The number of nitrogens with one attached hydrogen (secondary N) is 1. The van der Waals surface area contributed by atoms with Gasteiger partial charge < -0.3 is 10.4 Å². The van der Waals surface area contributed by atoms with Crippen LogP contribution in [0.2, 0.25) is 5.15 Å². The van der Waals surface area contributed by atoms with Crippen LogP contribution in [0.5, 0.6) is 0 Å². The van der Waals surface area contributed by atoms with Crippen molar-refractivity contribution < 1.29 is 19.6 Å². The molecule has 0 unspecified atom stereocenters. The number of carbonyl (C=O) groups is 2. The third kappa shape index (κ3) is 3.38. The van der Waals surface area contributed by atoms with E-state index in [1.54, 1.807) is 6.92 Å². The zero-order valence-corrected chi connectivity index (χ0v) is 10.5. The summed E-state index contributed by atoms with van der Waals surface area (Å²) in [6.45, 7) is 1.56. The monoisotopic (exact) mass is 287 g/mol. The van der Waals surface area contributed by atoms with Crippen molar-refractivity contribution in [2.24, 2.45) is 0 Å². The van der Waals surface area contributed by atoms with Gasteiger partial charge in [-0.1, -0.05) is 18.5 Å². The number of hydrogen-bond acceptors (Lipinski definition) is 5. The lowest BCUT2D eigenvalue weighted by Gasteiger charge is -2.12. The lowest BCUT2D eigenvalue weighted by Crippen LogP contribution is -2.40. The molecule has 0 bridgehead atoms. The lowest BCUT2D eigenvalue weighted by atomic mass is 10.1. The predicted octanol–water partition coefficient (Wildman–Crippen LogP) is 1.24. The van der Waals surface area contributed by atoms with E-state index in [0.29, 0.717) is 0 Å². The average molecular weight is 288 g/mol. The molecular formula is C10H10ClN3O5. The number of amides is 1. The first kappa shape index (κ1) is 14.8. The molecule has 0 aromatic carbocycles. The fraction of sp³-hybridized carbons (Fsp3) is 0.300. The van der Waals surface area contributed by atoms with Crippen LogP contribution in [0.4, 0.5) is 5.69 Å². The summed E-state index contributed by atoms with van der Waals surface area (Å²) in [6.07, 6.45) is 1.28. The molecule has 0 radical (unpaired) electrons. The third-order valence-corrected chi connectivity index (χ3v) is 2.60. The Morgan fingerprint density at radius 1 is 1.63 bits per heavy atom. The normalized spacial score (nSPS) is 11.7. The summed E-state index contributed by atoms with van der Waals surface area (Å²) in [7, 11) is 0. The molecule has 0 saturated carbocycles. The second-order valence-corrected chi connectivity index (χ2v) is 3.89. The molecule has 1 heterocycles. The zero-order chi connectivity index (χ0) is 14.6. The van der Waals surface area contributed by atoms with Crippen LogP contribution in [0, 0.1) is 10.1 Å². The molecule has 1 aromatic heterocycles. The first-order chi connectivity index (χ1) is 8.88. The Balaban J connectivity index is 3.10. The Kier molecular flexibility index (Phi) is 4.76. The number of carboxylic acid groups (broad SMARTS) is 1. The molecule has 0 fully saturated rings. The third-order valence-electron chi connectivity index (χ3n) is 2.32. The molecule has 1 atom stereocenters. The van der Waals surface area contributed by atoms with Crippen LogP contribution >= 0.6 is 11.6 Å². The molecule has 0 saturated heterocycles. The van der Waals surface area contributed by atoms with Crippen LogP contribution in [0.15, 0.2) is 12.3 Å². The number of hydrogen-bond donors (Lipinski definition) is 2. The molecule has 9 heteroatoms. The highest BCUT2D eigenvalue weighted by Crippen LogP contribution is 2.25. The van der Waals surface area contributed by atoms with Crippen LogP contribution in [0.25, 0.3) is 0 Å². The number of carbonyl (C=O) groups excluding carboxylic acids is 1. The minimum atomic E-state index is -1.22. The Bertz CT molecular complexity index is 534. The van der Waals surface area contributed by atoms with Gasteiger partial charge in [0.2, 0.25) is 5.15 Å². The van der Waals surface area contributed by atoms with Gasteiger partial charge in [0, 0.05) is 6.20 Å². The van der Waals surface area contributed by atoms with Crippen molar-refractivity contribution >= 4 is 29.2 Å². The highest BCUT2D eigenvalue weighted by molar-refractivity contribution is 6.32. The molecule has 2 N–H and O–H groups in total. The highest BCUT2D eigenvalue weighted by Gasteiger charge is 2.27. The van der Waals surface area contributed by atoms with Crippen molar-refractivity contribution in [3.05, 3.63) is 33.1 Å². The standard InChI is InChI=1S/C10H10ClN3O5/c1-2-6(10(16)17)13-9(15)5-3-4-12-8(11)7(5)14(18)19/h3-4,6H,2H2,1H3,(H,13,15)(H,16,17)/t6-/m0/s1. The summed E-state index contributed by atoms with van der Waals surface area (Å²) in [5, 5.41) is 21.4. The molecule has 102 valence electrons. The van der Waals surface area contributed by atoms with E-state index >= 15 is 0 Å². The Morgan fingerprint density at radius 3 is 2.74 bits per heavy atom. The minimum Gasteiger partial charge on any atom is -0.480 e. The van der Waals surface area contributed by atoms with Gasteiger partial charge in [0.05, 0.1) is 4.92 Å². The van der Waals surface area contributed by atoms with Crippen molar-refractivity contribution in [1.82, 2.24) is 10.3 Å². The second kappa shape index (κ2) is 6.10. The summed E-state index contributed by atoms with van der Waals surface area (Å²) in [6, 6.07) is -0.0208. The first-order valence-corrected chi connectivity index (χ1v) is 5.58. The Morgan fingerprint density at radius 2 is 2.26 bits per heavy atom. The van der Waals surface area contributed by atoms with Gasteiger partial charge in [0.1, 0.15) is 11.6 Å². The molecule has 1 rings (SSSR count). The number of pyridine rings is 1. The SMILES string of the molecule is CC[C@H](NC(=O)c1ccnc(Cl)c1[N+](=O)[O-])C(=O)O. The van der Waals surface area contributed by atoms with Gasteiger partial charge in [0.25, 0.3) is 5.91 Å². The van der Waals surface area contributed by atoms with Crippen LogP contribution in [0.3, 0.4) is 0 Å². The lowest BCUT2D eigenvalue weighted by molar-refractivity contribution is -0.385. The van der Waals surface area contributed by atoms with E-state index in [2.05, 4.69) is 10.3 Å². The number of aliphatic carboxylic acids is 1. The van der Waals surface area contributed by atoms with Crippen molar-refractivity contribution in [3.8, 4) is 0 Å². The van der Waals surface area contributed by atoms with E-state index in [1.807, 2.05) is 0 Å². The van der Waals surface area contributed by atoms with E-state index in [9.17, 15) is 19.7 Å². The minimum absolute atomic E-state index is 0.147. The van der Waals surface area contributed by atoms with Crippen molar-refractivity contribution in [2.45, 2.75) is 19.4 Å². The fourth-order valence-electron chi connectivity index (χ4n) is 1.36. The van der Waals surface area contributed by atoms with Crippen molar-refractivity contribution in [3.63, 3.8) is 0 Å². The largest absolute Gasteiger partial charge is 0.480 e. The van der Waals surface area contributed by atoms with Gasteiger partial charge in [0.15, 0.2) is 0 Å². The number of nitro groups is 1. The molecule has 1 aromatic rings. The summed E-state index contributed by atoms with van der Waals surface area (Å²) >= 11 is 5.55. The quantitative estimate of drug-likeness (QED) is 0.477. The number of aromatic nitrogens is 1. The highest BCUT2D eigenvalue weighted by atomic mass is 35.5. The number of nitrogens with zero attached hydrogens (tertiary/aromatic N) is 2. The van der Waals surface area contributed by atoms with Gasteiger partial charge in [-0.05, 0) is 12.5 Å². The topological polar surface area (TPSA) is 122 Å². The van der Waals surface area contributed by atoms with Crippen LogP contribution < -0.4 is 5.32 Å². The maximum absolute atomic E-state index is 11.8. The van der Waals surface area contributed by atoms with E-state index in [4.69, 9.17) is 16.7 Å². The first-order valence-electron chi connectivity index (χ1n) is 5.21. The summed E-state index contributed by atoms with van der Waals surface area (Å²) in [5.41, 5.74) is -0.980. The molecule has 1 amide bonds. The van der Waals surface area contributed by atoms with Gasteiger partial charge in [-0.15, -0.1) is 0 Å². The molecular weight excluding hydrogens is 278 g/mol. The molecule has 0 spiro atoms.